The van der Waals surface area contributed by atoms with E-state index < -0.39 is 0 Å². The van der Waals surface area contributed by atoms with Gasteiger partial charge in [-0.2, -0.15) is 0 Å². The van der Waals surface area contributed by atoms with Crippen LogP contribution in [0.2, 0.25) is 0 Å². The zero-order chi connectivity index (χ0) is 2.71. The van der Waals surface area contributed by atoms with Crippen molar-refractivity contribution < 1.29 is 40.0 Å². The predicted octanol–water partition coefficient (Wildman–Crippen LogP) is 1.37. The first-order valence-corrected chi connectivity index (χ1v) is 2.96. The van der Waals surface area contributed by atoms with Crippen molar-refractivity contribution >= 4 is 20.4 Å². The second kappa shape index (κ2) is 8.89. The third-order valence-corrected chi connectivity index (χ3v) is 0. The minimum absolute atomic E-state index is 0. The van der Waals surface area contributed by atoms with Crippen LogP contribution in [-0.4, -0.2) is 0 Å². The average molecular weight is 242 g/mol. The molecule has 0 saturated heterocycles. The van der Waals surface area contributed by atoms with E-state index in [1.165, 1.54) is 0 Å². The van der Waals surface area contributed by atoms with E-state index in [2.05, 4.69) is 0 Å². The maximum atomic E-state index is 4.70. The van der Waals surface area contributed by atoms with E-state index in [0.717, 1.165) is 0 Å². The third-order valence-electron chi connectivity index (χ3n) is 0. The molecule has 0 saturated carbocycles. The van der Waals surface area contributed by atoms with Gasteiger partial charge >= 0.3 is 33.0 Å². The van der Waals surface area contributed by atoms with Crippen LogP contribution < -0.4 is 0 Å². The number of halogens is 2. The van der Waals surface area contributed by atoms with Crippen molar-refractivity contribution in [2.45, 2.75) is 0 Å². The SMILES string of the molecule is [Cd].[Cl][Ni][Cl]. The van der Waals surface area contributed by atoms with E-state index in [0.29, 0.717) is 12.7 Å². The Morgan fingerprint density at radius 2 is 1.25 bits per heavy atom. The maximum absolute atomic E-state index is 4.70. The molecule has 0 spiro atoms. The molecule has 26 valence electrons. The van der Waals surface area contributed by atoms with Gasteiger partial charge in [0.05, 0.1) is 0 Å². The summed E-state index contributed by atoms with van der Waals surface area (Å²) in [4.78, 5) is 0. The molecular weight excluding hydrogens is 242 g/mol. The Bertz CT molecular complexity index is 6.00. The summed E-state index contributed by atoms with van der Waals surface area (Å²) in [5.74, 6) is 0. The molecule has 0 fully saturated rings. The van der Waals surface area contributed by atoms with Crippen molar-refractivity contribution in [1.82, 2.24) is 0 Å². The van der Waals surface area contributed by atoms with Gasteiger partial charge in [0, 0.05) is 27.3 Å². The summed E-state index contributed by atoms with van der Waals surface area (Å²) in [5, 5.41) is 0. The molecular formula is CdCl2Ni. The molecule has 0 unspecified atom stereocenters. The second-order valence-electron chi connectivity index (χ2n) is 0.0452. The van der Waals surface area contributed by atoms with E-state index in [4.69, 9.17) is 20.4 Å². The summed E-state index contributed by atoms with van der Waals surface area (Å²) < 4.78 is 0. The monoisotopic (exact) mass is 242 g/mol. The molecule has 4 heavy (non-hydrogen) atoms. The standard InChI is InChI=1S/Cd.2ClH.Ni/h;2*1H;/q;;;+2/p-2. The minimum atomic E-state index is 0. The van der Waals surface area contributed by atoms with Gasteiger partial charge in [-0.3, -0.25) is 0 Å². The second-order valence-corrected chi connectivity index (χ2v) is 1.68. The van der Waals surface area contributed by atoms with Crippen molar-refractivity contribution in [3.05, 3.63) is 0 Å². The average Bonchev–Trinajstić information content (AvgIpc) is 0.918. The quantitative estimate of drug-likeness (QED) is 0.563. The molecule has 0 amide bonds. The van der Waals surface area contributed by atoms with Crippen LogP contribution in [0.4, 0.5) is 0 Å². The fourth-order valence-electron chi connectivity index (χ4n) is 0. The topological polar surface area (TPSA) is 0 Å². The molecule has 0 rings (SSSR count). The van der Waals surface area contributed by atoms with Crippen LogP contribution in [0.25, 0.3) is 0 Å². The van der Waals surface area contributed by atoms with Crippen LogP contribution in [0.1, 0.15) is 0 Å². The first-order chi connectivity index (χ1) is 1.41. The molecule has 0 aliphatic rings. The molecule has 0 atom stereocenters. The summed E-state index contributed by atoms with van der Waals surface area (Å²) in [6.07, 6.45) is 0. The van der Waals surface area contributed by atoms with Gasteiger partial charge in [0.1, 0.15) is 0 Å². The molecule has 0 aromatic heterocycles. The molecule has 0 radical (unpaired) electrons. The molecule has 0 aliphatic carbocycles. The van der Waals surface area contributed by atoms with Gasteiger partial charge in [0.2, 0.25) is 0 Å². The van der Waals surface area contributed by atoms with Crippen molar-refractivity contribution in [1.29, 1.82) is 0 Å². The zero-order valence-electron chi connectivity index (χ0n) is 1.78. The Morgan fingerprint density at radius 1 is 1.25 bits per heavy atom. The van der Waals surface area contributed by atoms with Gasteiger partial charge in [0.15, 0.2) is 0 Å². The van der Waals surface area contributed by atoms with Crippen molar-refractivity contribution in [2.24, 2.45) is 0 Å². The van der Waals surface area contributed by atoms with Gasteiger partial charge < -0.3 is 0 Å². The Kier molecular flexibility index (Phi) is 20.8. The Labute approximate surface area is 59.7 Å². The predicted molar refractivity (Wildman–Crippen MR) is 11.7 cm³/mol. The molecule has 0 aromatic carbocycles. The fourth-order valence-corrected chi connectivity index (χ4v) is 0. The number of hydrogen-bond donors (Lipinski definition) is 0. The number of rotatable bonds is 0. The fraction of sp³-hybridized carbons (Fsp3) is 0. The molecule has 0 heterocycles. The summed E-state index contributed by atoms with van der Waals surface area (Å²) >= 11 is 0.569. The summed E-state index contributed by atoms with van der Waals surface area (Å²) in [5.41, 5.74) is 0. The molecule has 0 N–H and O–H groups in total. The van der Waals surface area contributed by atoms with Crippen LogP contribution >= 0.6 is 20.4 Å². The Hall–Kier alpha value is 2.00. The van der Waals surface area contributed by atoms with E-state index in [1.54, 1.807) is 0 Å². The van der Waals surface area contributed by atoms with Crippen LogP contribution in [0.5, 0.6) is 0 Å². The van der Waals surface area contributed by atoms with E-state index in [-0.39, 0.29) is 27.3 Å². The van der Waals surface area contributed by atoms with Crippen molar-refractivity contribution in [3.63, 3.8) is 0 Å². The van der Waals surface area contributed by atoms with Crippen LogP contribution in [0, 0.1) is 0 Å². The van der Waals surface area contributed by atoms with Gasteiger partial charge in [-0.05, 0) is 0 Å². The molecule has 0 aliphatic heterocycles. The summed E-state index contributed by atoms with van der Waals surface area (Å²) in [6, 6.07) is 0. The van der Waals surface area contributed by atoms with Gasteiger partial charge in [-0.25, -0.2) is 0 Å². The van der Waals surface area contributed by atoms with Gasteiger partial charge in [-0.1, -0.05) is 0 Å². The number of hydrogen-bond acceptors (Lipinski definition) is 0. The van der Waals surface area contributed by atoms with E-state index >= 15 is 0 Å². The molecule has 0 bridgehead atoms. The molecule has 0 aromatic rings. The normalized spacial score (nSPS) is 5.50. The zero-order valence-corrected chi connectivity index (χ0v) is 8.32. The van der Waals surface area contributed by atoms with Crippen LogP contribution in [0.15, 0.2) is 0 Å². The van der Waals surface area contributed by atoms with Gasteiger partial charge in [0.25, 0.3) is 0 Å². The van der Waals surface area contributed by atoms with E-state index in [1.807, 2.05) is 0 Å². The third kappa shape index (κ3) is 9.00. The Balaban J connectivity index is 0. The summed E-state index contributed by atoms with van der Waals surface area (Å²) in [7, 11) is 9.40. The van der Waals surface area contributed by atoms with Crippen LogP contribution in [-0.2, 0) is 40.0 Å². The van der Waals surface area contributed by atoms with Gasteiger partial charge in [-0.15, -0.1) is 0 Å². The first kappa shape index (κ1) is 9.37. The van der Waals surface area contributed by atoms with Crippen molar-refractivity contribution in [3.8, 4) is 0 Å². The molecule has 4 heteroatoms. The van der Waals surface area contributed by atoms with E-state index in [9.17, 15) is 0 Å². The van der Waals surface area contributed by atoms with Crippen LogP contribution in [0.3, 0.4) is 0 Å². The first-order valence-electron chi connectivity index (χ1n) is 0.239. The summed E-state index contributed by atoms with van der Waals surface area (Å²) in [6.45, 7) is 0. The Morgan fingerprint density at radius 3 is 1.25 bits per heavy atom. The molecule has 0 nitrogen and oxygen atoms in total. The van der Waals surface area contributed by atoms with Crippen molar-refractivity contribution in [2.75, 3.05) is 0 Å².